The van der Waals surface area contributed by atoms with Gasteiger partial charge in [0.15, 0.2) is 0 Å². The van der Waals surface area contributed by atoms with Crippen LogP contribution in [-0.4, -0.2) is 108 Å². The number of thiol groups is 1. The van der Waals surface area contributed by atoms with Crippen LogP contribution in [0.15, 0.2) is 0 Å². The topological polar surface area (TPSA) is 257 Å². The molecule has 188 valence electrons. The molecule has 0 aliphatic rings. The largest absolute Gasteiger partial charge is 0.394 e. The van der Waals surface area contributed by atoms with Gasteiger partial charge in [0.05, 0.1) is 0 Å². The Balaban J connectivity index is -0.000000159. The van der Waals surface area contributed by atoms with E-state index in [2.05, 4.69) is 11.7 Å². The van der Waals surface area contributed by atoms with Crippen LogP contribution in [-0.2, 0) is 19.5 Å². The number of aliphatic hydroxyl groups excluding tert-OH is 6. The van der Waals surface area contributed by atoms with Crippen LogP contribution in [0.25, 0.3) is 0 Å². The molecule has 6 unspecified atom stereocenters. The highest BCUT2D eigenvalue weighted by Gasteiger charge is 2.20. The van der Waals surface area contributed by atoms with Gasteiger partial charge in [0.2, 0.25) is 0 Å². The quantitative estimate of drug-likeness (QED) is 0.0778. The van der Waals surface area contributed by atoms with Gasteiger partial charge in [-0.15, -0.1) is 0 Å². The maximum atomic E-state index is 9.05. The molecule has 0 bridgehead atoms. The summed E-state index contributed by atoms with van der Waals surface area (Å²) in [6, 6.07) is 0. The van der Waals surface area contributed by atoms with Crippen molar-refractivity contribution in [3.8, 4) is 0 Å². The molecule has 0 amide bonds. The summed E-state index contributed by atoms with van der Waals surface area (Å²) >= 11 is 2.65. The van der Waals surface area contributed by atoms with Crippen molar-refractivity contribution in [2.45, 2.75) is 78.9 Å². The van der Waals surface area contributed by atoms with E-state index in [4.69, 9.17) is 61.1 Å². The SMILES string of the molecule is CC(O)N(C(C)O)C(C)O.CC(O)N(C(C)O)C(C)O.O=S(=O)(O)O.O=S(=O)(O)S. The molecule has 0 radical (unpaired) electrons. The van der Waals surface area contributed by atoms with Gasteiger partial charge in [-0.25, -0.2) is 9.80 Å². The summed E-state index contributed by atoms with van der Waals surface area (Å²) in [5.74, 6) is 0. The Hall–Kier alpha value is -0.190. The first-order valence-electron chi connectivity index (χ1n) is 7.96. The molecular formula is C12H34N2O13S3. The van der Waals surface area contributed by atoms with Gasteiger partial charge in [-0.1, -0.05) is 0 Å². The van der Waals surface area contributed by atoms with Crippen molar-refractivity contribution in [2.24, 2.45) is 0 Å². The van der Waals surface area contributed by atoms with Crippen LogP contribution in [0.2, 0.25) is 0 Å². The number of hydrogen-bond acceptors (Lipinski definition) is 12. The zero-order valence-corrected chi connectivity index (χ0v) is 19.8. The zero-order valence-electron chi connectivity index (χ0n) is 17.3. The van der Waals surface area contributed by atoms with E-state index in [0.29, 0.717) is 0 Å². The van der Waals surface area contributed by atoms with Crippen molar-refractivity contribution in [1.82, 2.24) is 9.80 Å². The molecule has 0 saturated carbocycles. The molecule has 0 aliphatic carbocycles. The van der Waals surface area contributed by atoms with E-state index in [-0.39, 0.29) is 0 Å². The number of rotatable bonds is 6. The van der Waals surface area contributed by atoms with Gasteiger partial charge in [-0.2, -0.15) is 16.8 Å². The number of aliphatic hydroxyl groups is 6. The Morgan fingerprint density at radius 1 is 0.533 bits per heavy atom. The molecule has 6 atom stereocenters. The average molecular weight is 511 g/mol. The van der Waals surface area contributed by atoms with Crippen LogP contribution >= 0.6 is 11.7 Å². The van der Waals surface area contributed by atoms with E-state index in [1.165, 1.54) is 51.3 Å². The first-order valence-corrected chi connectivity index (χ1v) is 11.8. The molecule has 0 spiro atoms. The van der Waals surface area contributed by atoms with E-state index in [0.717, 1.165) is 0 Å². The summed E-state index contributed by atoms with van der Waals surface area (Å²) in [6.45, 7) is 8.91. The van der Waals surface area contributed by atoms with E-state index >= 15 is 0 Å². The molecule has 18 heteroatoms. The molecule has 0 aliphatic heterocycles. The van der Waals surface area contributed by atoms with Crippen LogP contribution in [0.5, 0.6) is 0 Å². The minimum atomic E-state index is -4.67. The molecule has 0 aromatic heterocycles. The molecule has 0 rings (SSSR count). The first-order chi connectivity index (χ1) is 12.9. The molecule has 15 nitrogen and oxygen atoms in total. The summed E-state index contributed by atoms with van der Waals surface area (Å²) in [4.78, 5) is 2.33. The highest BCUT2D eigenvalue weighted by molar-refractivity contribution is 8.61. The monoisotopic (exact) mass is 510 g/mol. The Morgan fingerprint density at radius 3 is 0.600 bits per heavy atom. The average Bonchev–Trinajstić information content (AvgIpc) is 2.30. The number of hydrogen-bond donors (Lipinski definition) is 10. The predicted molar refractivity (Wildman–Crippen MR) is 108 cm³/mol. The van der Waals surface area contributed by atoms with Gasteiger partial charge in [0.25, 0.3) is 0 Å². The van der Waals surface area contributed by atoms with E-state index in [9.17, 15) is 0 Å². The fourth-order valence-corrected chi connectivity index (χ4v) is 1.87. The van der Waals surface area contributed by atoms with Gasteiger partial charge in [-0.3, -0.25) is 13.7 Å². The molecule has 0 saturated heterocycles. The van der Waals surface area contributed by atoms with Crippen molar-refractivity contribution in [3.63, 3.8) is 0 Å². The number of nitrogens with zero attached hydrogens (tertiary/aromatic N) is 2. The minimum Gasteiger partial charge on any atom is -0.379 e. The lowest BCUT2D eigenvalue weighted by Crippen LogP contribution is -2.45. The molecule has 9 N–H and O–H groups in total. The van der Waals surface area contributed by atoms with Crippen molar-refractivity contribution < 1.29 is 61.1 Å². The van der Waals surface area contributed by atoms with Crippen molar-refractivity contribution in [2.75, 3.05) is 0 Å². The third-order valence-corrected chi connectivity index (χ3v) is 2.59. The van der Waals surface area contributed by atoms with Crippen LogP contribution in [0.3, 0.4) is 0 Å². The highest BCUT2D eigenvalue weighted by Crippen LogP contribution is 2.05. The Bertz CT molecular complexity index is 499. The lowest BCUT2D eigenvalue weighted by atomic mass is 10.4. The van der Waals surface area contributed by atoms with Gasteiger partial charge >= 0.3 is 19.5 Å². The van der Waals surface area contributed by atoms with E-state index in [1.807, 2.05) is 0 Å². The maximum Gasteiger partial charge on any atom is 0.394 e. The van der Waals surface area contributed by atoms with Gasteiger partial charge < -0.3 is 30.6 Å². The minimum absolute atomic E-state index is 0.833. The Kier molecular flexibility index (Phi) is 21.5. The molecule has 0 heterocycles. The summed E-state index contributed by atoms with van der Waals surface area (Å²) in [5, 5.41) is 53.8. The third-order valence-electron chi connectivity index (χ3n) is 2.59. The van der Waals surface area contributed by atoms with Crippen LogP contribution in [0.1, 0.15) is 41.5 Å². The first kappa shape index (κ1) is 37.1. The molecule has 0 aromatic rings. The van der Waals surface area contributed by atoms with Crippen LogP contribution in [0, 0.1) is 0 Å². The smallest absolute Gasteiger partial charge is 0.379 e. The normalized spacial score (nSPS) is 17.7. The highest BCUT2D eigenvalue weighted by atomic mass is 33.1. The van der Waals surface area contributed by atoms with E-state index in [1.54, 1.807) is 0 Å². The second-order valence-electron chi connectivity index (χ2n) is 5.58. The van der Waals surface area contributed by atoms with Crippen molar-refractivity contribution in [1.29, 1.82) is 0 Å². The van der Waals surface area contributed by atoms with Gasteiger partial charge in [-0.05, 0) is 53.2 Å². The third kappa shape index (κ3) is 35.3. The lowest BCUT2D eigenvalue weighted by molar-refractivity contribution is -0.160. The van der Waals surface area contributed by atoms with Gasteiger partial charge in [0.1, 0.15) is 37.4 Å². The summed E-state index contributed by atoms with van der Waals surface area (Å²) in [7, 11) is -8.64. The van der Waals surface area contributed by atoms with Crippen molar-refractivity contribution in [3.05, 3.63) is 0 Å². The van der Waals surface area contributed by atoms with Crippen LogP contribution in [0.4, 0.5) is 0 Å². The van der Waals surface area contributed by atoms with Gasteiger partial charge in [0, 0.05) is 0 Å². The summed E-state index contributed by atoms with van der Waals surface area (Å²) < 4.78 is 57.0. The standard InChI is InChI=1S/2C6H15NO3.H2O4S.H2O3S2/c2*1-4(8)7(5(2)9)6(3)10;2*1-5(2,3)4/h2*4-6,8-10H,1-3H3;2*(H2,1,2,3,4). The molecule has 30 heavy (non-hydrogen) atoms. The predicted octanol–water partition coefficient (Wildman–Crippen LogP) is -2.33. The molecular weight excluding hydrogens is 476 g/mol. The van der Waals surface area contributed by atoms with E-state index < -0.39 is 56.9 Å². The van der Waals surface area contributed by atoms with Crippen LogP contribution < -0.4 is 0 Å². The second kappa shape index (κ2) is 17.4. The fraction of sp³-hybridized carbons (Fsp3) is 1.00. The maximum absolute atomic E-state index is 9.05. The fourth-order valence-electron chi connectivity index (χ4n) is 1.87. The van der Waals surface area contributed by atoms with Crippen molar-refractivity contribution >= 4 is 31.2 Å². The zero-order chi connectivity index (χ0) is 25.6. The Labute approximate surface area is 181 Å². The summed E-state index contributed by atoms with van der Waals surface area (Å²) in [5.41, 5.74) is 0. The lowest BCUT2D eigenvalue weighted by Gasteiger charge is -2.30. The molecule has 0 aromatic carbocycles. The second-order valence-corrected chi connectivity index (χ2v) is 8.76. The Morgan fingerprint density at radius 2 is 0.600 bits per heavy atom. The molecule has 0 fully saturated rings. The summed E-state index contributed by atoms with van der Waals surface area (Å²) in [6.07, 6.45) is -5.00.